The van der Waals surface area contributed by atoms with Gasteiger partial charge in [-0.15, -0.1) is 0 Å². The summed E-state index contributed by atoms with van der Waals surface area (Å²) in [6.45, 7) is 3.71. The third kappa shape index (κ3) is 5.11. The summed E-state index contributed by atoms with van der Waals surface area (Å²) >= 11 is 0. The van der Waals surface area contributed by atoms with Gasteiger partial charge >= 0.3 is 0 Å². The lowest BCUT2D eigenvalue weighted by molar-refractivity contribution is -0.132. The highest BCUT2D eigenvalue weighted by Gasteiger charge is 2.18. The second kappa shape index (κ2) is 6.48. The molecule has 2 amide bonds. The second-order valence-corrected chi connectivity index (χ2v) is 4.51. The van der Waals surface area contributed by atoms with Crippen LogP contribution in [-0.2, 0) is 9.59 Å². The van der Waals surface area contributed by atoms with Gasteiger partial charge in [-0.3, -0.25) is 9.59 Å². The van der Waals surface area contributed by atoms with Crippen molar-refractivity contribution in [2.24, 2.45) is 0 Å². The van der Waals surface area contributed by atoms with Crippen molar-refractivity contribution in [3.63, 3.8) is 0 Å². The van der Waals surface area contributed by atoms with Crippen LogP contribution in [0.25, 0.3) is 0 Å². The van der Waals surface area contributed by atoms with Gasteiger partial charge in [0.25, 0.3) is 0 Å². The fraction of sp³-hybridized carbons (Fsp3) is 0.818. The molecule has 0 aromatic carbocycles. The van der Waals surface area contributed by atoms with Crippen molar-refractivity contribution in [1.29, 1.82) is 0 Å². The first-order valence-corrected chi connectivity index (χ1v) is 5.43. The smallest absolute Gasteiger partial charge is 0.238 e. The zero-order valence-corrected chi connectivity index (χ0v) is 11.1. The van der Waals surface area contributed by atoms with E-state index in [1.807, 2.05) is 6.92 Å². The van der Waals surface area contributed by atoms with Gasteiger partial charge in [-0.2, -0.15) is 0 Å². The Morgan fingerprint density at radius 2 is 1.56 bits per heavy atom. The highest BCUT2D eigenvalue weighted by Crippen LogP contribution is 1.98. The van der Waals surface area contributed by atoms with Gasteiger partial charge in [0.15, 0.2) is 0 Å². The summed E-state index contributed by atoms with van der Waals surface area (Å²) in [5.74, 6) is 0.0775. The van der Waals surface area contributed by atoms with Crippen LogP contribution in [-0.4, -0.2) is 61.9 Å². The number of hydrogen-bond acceptors (Lipinski definition) is 3. The van der Waals surface area contributed by atoms with Gasteiger partial charge in [-0.25, -0.2) is 0 Å². The van der Waals surface area contributed by atoms with E-state index in [2.05, 4.69) is 5.32 Å². The molecule has 1 N–H and O–H groups in total. The molecule has 0 bridgehead atoms. The van der Waals surface area contributed by atoms with E-state index in [1.54, 1.807) is 40.0 Å². The Labute approximate surface area is 97.8 Å². The van der Waals surface area contributed by atoms with Crippen molar-refractivity contribution in [2.45, 2.75) is 32.4 Å². The Bertz CT molecular complexity index is 252. The van der Waals surface area contributed by atoms with Gasteiger partial charge < -0.3 is 15.1 Å². The fourth-order valence-corrected chi connectivity index (χ4v) is 1.39. The SMILES string of the molecule is CC(CC(=O)N(C)C)N[C@H](C)C(=O)N(C)C. The minimum atomic E-state index is -0.264. The lowest BCUT2D eigenvalue weighted by Crippen LogP contribution is -2.46. The highest BCUT2D eigenvalue weighted by atomic mass is 16.2. The lowest BCUT2D eigenvalue weighted by Gasteiger charge is -2.22. The lowest BCUT2D eigenvalue weighted by atomic mass is 10.2. The Hall–Kier alpha value is -1.10. The van der Waals surface area contributed by atoms with Crippen molar-refractivity contribution >= 4 is 11.8 Å². The molecule has 0 aliphatic rings. The number of nitrogens with one attached hydrogen (secondary N) is 1. The molecule has 0 radical (unpaired) electrons. The van der Waals surface area contributed by atoms with Crippen LogP contribution in [0.3, 0.4) is 0 Å². The first-order chi connectivity index (χ1) is 7.25. The topological polar surface area (TPSA) is 52.7 Å². The van der Waals surface area contributed by atoms with Crippen LogP contribution in [0.15, 0.2) is 0 Å². The molecule has 0 saturated carbocycles. The van der Waals surface area contributed by atoms with Crippen molar-refractivity contribution < 1.29 is 9.59 Å². The zero-order chi connectivity index (χ0) is 12.9. The van der Waals surface area contributed by atoms with Crippen molar-refractivity contribution in [3.8, 4) is 0 Å². The molecule has 0 aromatic heterocycles. The van der Waals surface area contributed by atoms with E-state index in [-0.39, 0.29) is 23.9 Å². The molecule has 0 aliphatic carbocycles. The van der Waals surface area contributed by atoms with Gasteiger partial charge in [0.05, 0.1) is 6.04 Å². The molecule has 0 spiro atoms. The van der Waals surface area contributed by atoms with Gasteiger partial charge in [-0.1, -0.05) is 0 Å². The highest BCUT2D eigenvalue weighted by molar-refractivity contribution is 5.81. The van der Waals surface area contributed by atoms with E-state index >= 15 is 0 Å². The van der Waals surface area contributed by atoms with Gasteiger partial charge in [0, 0.05) is 40.7 Å². The quantitative estimate of drug-likeness (QED) is 0.717. The maximum Gasteiger partial charge on any atom is 0.238 e. The number of carbonyl (C=O) groups excluding carboxylic acids is 2. The Balaban J connectivity index is 4.10. The standard InChI is InChI=1S/C11H23N3O2/c1-8(7-10(15)13(3)4)12-9(2)11(16)14(5)6/h8-9,12H,7H2,1-6H3/t8?,9-/m1/s1. The van der Waals surface area contributed by atoms with Crippen molar-refractivity contribution in [1.82, 2.24) is 15.1 Å². The first kappa shape index (κ1) is 14.9. The molecule has 0 rings (SSSR count). The molecule has 0 fully saturated rings. The van der Waals surface area contributed by atoms with E-state index in [0.717, 1.165) is 0 Å². The molecule has 0 heterocycles. The molecule has 5 nitrogen and oxygen atoms in total. The number of nitrogens with zero attached hydrogens (tertiary/aromatic N) is 2. The number of likely N-dealkylation sites (N-methyl/N-ethyl adjacent to an activating group) is 1. The van der Waals surface area contributed by atoms with Crippen LogP contribution in [0.5, 0.6) is 0 Å². The number of amides is 2. The third-order valence-corrected chi connectivity index (χ3v) is 2.33. The molecule has 0 saturated heterocycles. The van der Waals surface area contributed by atoms with E-state index in [9.17, 15) is 9.59 Å². The molecule has 0 aliphatic heterocycles. The summed E-state index contributed by atoms with van der Waals surface area (Å²) in [5.41, 5.74) is 0. The summed E-state index contributed by atoms with van der Waals surface area (Å²) in [7, 11) is 6.89. The Morgan fingerprint density at radius 3 is 1.94 bits per heavy atom. The van der Waals surface area contributed by atoms with Crippen LogP contribution in [0, 0.1) is 0 Å². The van der Waals surface area contributed by atoms with Gasteiger partial charge in [0.1, 0.15) is 0 Å². The first-order valence-electron chi connectivity index (χ1n) is 5.43. The van der Waals surface area contributed by atoms with Gasteiger partial charge in [-0.05, 0) is 13.8 Å². The van der Waals surface area contributed by atoms with Crippen LogP contribution >= 0.6 is 0 Å². The van der Waals surface area contributed by atoms with Gasteiger partial charge in [0.2, 0.25) is 11.8 Å². The summed E-state index contributed by atoms with van der Waals surface area (Å²) in [6, 6.07) is -0.270. The minimum Gasteiger partial charge on any atom is -0.349 e. The predicted molar refractivity (Wildman–Crippen MR) is 64.1 cm³/mol. The molecule has 2 atom stereocenters. The van der Waals surface area contributed by atoms with Crippen LogP contribution in [0.1, 0.15) is 20.3 Å². The van der Waals surface area contributed by atoms with Crippen molar-refractivity contribution in [2.75, 3.05) is 28.2 Å². The summed E-state index contributed by atoms with van der Waals surface area (Å²) in [6.07, 6.45) is 0.401. The van der Waals surface area contributed by atoms with Crippen LogP contribution in [0.2, 0.25) is 0 Å². The Morgan fingerprint density at radius 1 is 1.06 bits per heavy atom. The minimum absolute atomic E-state index is 0.00574. The number of hydrogen-bond donors (Lipinski definition) is 1. The van der Waals surface area contributed by atoms with E-state index in [1.165, 1.54) is 4.90 Å². The van der Waals surface area contributed by atoms with Crippen molar-refractivity contribution in [3.05, 3.63) is 0 Å². The molecular formula is C11H23N3O2. The van der Waals surface area contributed by atoms with E-state index < -0.39 is 0 Å². The summed E-state index contributed by atoms with van der Waals surface area (Å²) in [5, 5.41) is 3.11. The maximum absolute atomic E-state index is 11.6. The molecule has 0 aromatic rings. The molecule has 16 heavy (non-hydrogen) atoms. The molecule has 5 heteroatoms. The average molecular weight is 229 g/mol. The predicted octanol–water partition coefficient (Wildman–Crippen LogP) is -0.0805. The molecule has 1 unspecified atom stereocenters. The van der Waals surface area contributed by atoms with Crippen LogP contribution < -0.4 is 5.32 Å². The molecule has 94 valence electrons. The third-order valence-electron chi connectivity index (χ3n) is 2.33. The monoisotopic (exact) mass is 229 g/mol. The van der Waals surface area contributed by atoms with E-state index in [0.29, 0.717) is 6.42 Å². The normalized spacial score (nSPS) is 14.1. The molecular weight excluding hydrogens is 206 g/mol. The zero-order valence-electron chi connectivity index (χ0n) is 11.1. The largest absolute Gasteiger partial charge is 0.349 e. The fourth-order valence-electron chi connectivity index (χ4n) is 1.39. The maximum atomic E-state index is 11.6. The summed E-state index contributed by atoms with van der Waals surface area (Å²) in [4.78, 5) is 26.1. The Kier molecular flexibility index (Phi) is 6.03. The number of carbonyl (C=O) groups is 2. The summed E-state index contributed by atoms with van der Waals surface area (Å²) < 4.78 is 0. The number of rotatable bonds is 5. The van der Waals surface area contributed by atoms with Crippen LogP contribution in [0.4, 0.5) is 0 Å². The average Bonchev–Trinajstić information content (AvgIpc) is 2.15. The second-order valence-electron chi connectivity index (χ2n) is 4.51. The van der Waals surface area contributed by atoms with E-state index in [4.69, 9.17) is 0 Å².